The Balaban J connectivity index is 1.25. The summed E-state index contributed by atoms with van der Waals surface area (Å²) in [6.07, 6.45) is 5.76. The number of hydrogen-bond acceptors (Lipinski definition) is 2. The van der Waals surface area contributed by atoms with Crippen LogP contribution in [0.3, 0.4) is 0 Å². The molecule has 0 fully saturated rings. The molecule has 2 aliphatic rings. The molecular weight excluding hydrogens is 567 g/mol. The Bertz CT molecular complexity index is 2510. The second kappa shape index (κ2) is 9.59. The van der Waals surface area contributed by atoms with E-state index < -0.39 is 0 Å². The van der Waals surface area contributed by atoms with Crippen LogP contribution in [0.4, 0.5) is 0 Å². The minimum Gasteiger partial charge on any atom is -0.294 e. The molecule has 4 heteroatoms. The third-order valence-corrected chi connectivity index (χ3v) is 10.8. The zero-order valence-corrected chi connectivity index (χ0v) is 25.2. The molecule has 8 aromatic rings. The van der Waals surface area contributed by atoms with Gasteiger partial charge in [-0.1, -0.05) is 121 Å². The standard InChI is InChI=1S/C41H27N3S/c1-5-20-34-26(12-1)27-13-2-6-21-35(27)43(34)38-24-11-25-39(42-38)44-36-22-7-3-14-28(36)30-16-9-17-31(40(30)44)33-19-10-18-32-29-15-4-8-23-37(29)45-41(32)33/h1-17,19-25,32H,18H2. The van der Waals surface area contributed by atoms with Crippen LogP contribution < -0.4 is 0 Å². The van der Waals surface area contributed by atoms with E-state index in [4.69, 9.17) is 4.98 Å². The third kappa shape index (κ3) is 3.57. The number of allylic oxidation sites excluding steroid dienone is 4. The lowest BCUT2D eigenvalue weighted by molar-refractivity contribution is 0.841. The fraction of sp³-hybridized carbons (Fsp3) is 0.0488. The Kier molecular flexibility index (Phi) is 5.34. The van der Waals surface area contributed by atoms with E-state index in [0.717, 1.165) is 34.6 Å². The Morgan fingerprint density at radius 1 is 0.556 bits per heavy atom. The van der Waals surface area contributed by atoms with E-state index in [1.165, 1.54) is 53.6 Å². The van der Waals surface area contributed by atoms with Gasteiger partial charge in [0.1, 0.15) is 11.6 Å². The van der Waals surface area contributed by atoms with Gasteiger partial charge in [0, 0.05) is 42.8 Å². The first-order valence-corrected chi connectivity index (χ1v) is 16.3. The molecular formula is C41H27N3S. The molecule has 1 aliphatic carbocycles. The lowest BCUT2D eigenvalue weighted by atomic mass is 9.87. The Morgan fingerprint density at radius 2 is 1.13 bits per heavy atom. The molecule has 0 bridgehead atoms. The lowest BCUT2D eigenvalue weighted by Crippen LogP contribution is -2.05. The Labute approximate surface area is 264 Å². The second-order valence-corrected chi connectivity index (χ2v) is 13.0. The minimum atomic E-state index is 0.413. The predicted molar refractivity (Wildman–Crippen MR) is 189 cm³/mol. The van der Waals surface area contributed by atoms with Crippen molar-refractivity contribution in [1.82, 2.24) is 14.1 Å². The van der Waals surface area contributed by atoms with Crippen LogP contribution in [0.5, 0.6) is 0 Å². The number of fused-ring (bicyclic) bond motifs is 9. The van der Waals surface area contributed by atoms with Gasteiger partial charge in [0.25, 0.3) is 0 Å². The third-order valence-electron chi connectivity index (χ3n) is 9.50. The van der Waals surface area contributed by atoms with Crippen LogP contribution in [0.15, 0.2) is 155 Å². The van der Waals surface area contributed by atoms with Crippen molar-refractivity contribution in [3.05, 3.63) is 162 Å². The fourth-order valence-corrected chi connectivity index (χ4v) is 8.97. The quantitative estimate of drug-likeness (QED) is 0.203. The van der Waals surface area contributed by atoms with Gasteiger partial charge in [-0.25, -0.2) is 4.98 Å². The normalized spacial score (nSPS) is 15.9. The summed E-state index contributed by atoms with van der Waals surface area (Å²) in [7, 11) is 0. The van der Waals surface area contributed by atoms with E-state index in [1.54, 1.807) is 0 Å². The molecule has 1 atom stereocenters. The van der Waals surface area contributed by atoms with Gasteiger partial charge in [-0.05, 0) is 54.0 Å². The van der Waals surface area contributed by atoms with E-state index in [-0.39, 0.29) is 0 Å². The van der Waals surface area contributed by atoms with Gasteiger partial charge < -0.3 is 0 Å². The van der Waals surface area contributed by atoms with Gasteiger partial charge in [-0.15, -0.1) is 0 Å². The molecule has 10 rings (SSSR count). The predicted octanol–water partition coefficient (Wildman–Crippen LogP) is 10.8. The highest BCUT2D eigenvalue weighted by Crippen LogP contribution is 2.55. The summed E-state index contributed by atoms with van der Waals surface area (Å²) in [6, 6.07) is 48.1. The largest absolute Gasteiger partial charge is 0.294 e. The summed E-state index contributed by atoms with van der Waals surface area (Å²) in [4.78, 5) is 8.27. The molecule has 4 heterocycles. The smallest absolute Gasteiger partial charge is 0.140 e. The molecule has 0 saturated carbocycles. The molecule has 0 spiro atoms. The van der Waals surface area contributed by atoms with Crippen LogP contribution in [-0.2, 0) is 0 Å². The molecule has 1 aliphatic heterocycles. The van der Waals surface area contributed by atoms with E-state index in [0.29, 0.717) is 5.92 Å². The monoisotopic (exact) mass is 593 g/mol. The van der Waals surface area contributed by atoms with Crippen molar-refractivity contribution in [2.45, 2.75) is 17.2 Å². The number of rotatable bonds is 3. The number of benzene rings is 5. The molecule has 5 aromatic carbocycles. The number of aromatic nitrogens is 3. The number of para-hydroxylation sites is 4. The van der Waals surface area contributed by atoms with E-state index in [9.17, 15) is 0 Å². The maximum atomic E-state index is 5.43. The van der Waals surface area contributed by atoms with Crippen LogP contribution in [-0.4, -0.2) is 14.1 Å². The summed E-state index contributed by atoms with van der Waals surface area (Å²) in [5, 5.41) is 4.96. The zero-order chi connectivity index (χ0) is 29.5. The number of hydrogen-bond donors (Lipinski definition) is 0. The summed E-state index contributed by atoms with van der Waals surface area (Å²) in [6.45, 7) is 0. The molecule has 212 valence electrons. The highest BCUT2D eigenvalue weighted by molar-refractivity contribution is 8.03. The van der Waals surface area contributed by atoms with E-state index >= 15 is 0 Å². The Morgan fingerprint density at radius 3 is 1.89 bits per heavy atom. The van der Waals surface area contributed by atoms with Gasteiger partial charge in [0.05, 0.1) is 22.1 Å². The van der Waals surface area contributed by atoms with Crippen molar-refractivity contribution < 1.29 is 0 Å². The van der Waals surface area contributed by atoms with Crippen LogP contribution in [0.2, 0.25) is 0 Å². The van der Waals surface area contributed by atoms with Gasteiger partial charge in [0.2, 0.25) is 0 Å². The molecule has 0 saturated heterocycles. The number of thioether (sulfide) groups is 1. The number of nitrogens with zero attached hydrogens (tertiary/aromatic N) is 3. The first-order valence-electron chi connectivity index (χ1n) is 15.5. The maximum absolute atomic E-state index is 5.43. The maximum Gasteiger partial charge on any atom is 0.140 e. The first-order chi connectivity index (χ1) is 22.3. The van der Waals surface area contributed by atoms with Crippen LogP contribution in [0, 0.1) is 0 Å². The topological polar surface area (TPSA) is 22.8 Å². The average molecular weight is 594 g/mol. The molecule has 0 amide bonds. The minimum absolute atomic E-state index is 0.413. The summed E-state index contributed by atoms with van der Waals surface area (Å²) in [5.41, 5.74) is 8.71. The van der Waals surface area contributed by atoms with Gasteiger partial charge in [0.15, 0.2) is 0 Å². The van der Waals surface area contributed by atoms with E-state index in [2.05, 4.69) is 155 Å². The number of pyridine rings is 1. The van der Waals surface area contributed by atoms with Crippen molar-refractivity contribution in [3.63, 3.8) is 0 Å². The van der Waals surface area contributed by atoms with Crippen molar-refractivity contribution in [2.24, 2.45) is 0 Å². The van der Waals surface area contributed by atoms with Crippen LogP contribution in [0.25, 0.3) is 60.8 Å². The lowest BCUT2D eigenvalue weighted by Gasteiger charge is -2.20. The summed E-state index contributed by atoms with van der Waals surface area (Å²) < 4.78 is 4.68. The molecule has 3 nitrogen and oxygen atoms in total. The highest BCUT2D eigenvalue weighted by atomic mass is 32.2. The molecule has 0 radical (unpaired) electrons. The zero-order valence-electron chi connectivity index (χ0n) is 24.4. The second-order valence-electron chi connectivity index (χ2n) is 11.9. The fourth-order valence-electron chi connectivity index (χ4n) is 7.60. The molecule has 45 heavy (non-hydrogen) atoms. The summed E-state index contributed by atoms with van der Waals surface area (Å²) >= 11 is 1.94. The van der Waals surface area contributed by atoms with E-state index in [1.807, 2.05) is 11.8 Å². The average Bonchev–Trinajstić information content (AvgIpc) is 3.76. The molecule has 1 unspecified atom stereocenters. The van der Waals surface area contributed by atoms with Crippen LogP contribution in [0.1, 0.15) is 23.5 Å². The van der Waals surface area contributed by atoms with Crippen LogP contribution >= 0.6 is 11.8 Å². The van der Waals surface area contributed by atoms with Gasteiger partial charge in [-0.2, -0.15) is 0 Å². The SMILES string of the molecule is C1=CC(c2cccc3c4ccccc4n(-c4cccc(-n5c6ccccc6c6ccccc65)n4)c23)=C2Sc3ccccc3C2C1. The first kappa shape index (κ1) is 25.1. The molecule has 0 N–H and O–H groups in total. The van der Waals surface area contributed by atoms with Gasteiger partial charge >= 0.3 is 0 Å². The van der Waals surface area contributed by atoms with Gasteiger partial charge in [-0.3, -0.25) is 9.13 Å². The van der Waals surface area contributed by atoms with Crippen molar-refractivity contribution in [3.8, 4) is 11.6 Å². The highest BCUT2D eigenvalue weighted by Gasteiger charge is 2.32. The van der Waals surface area contributed by atoms with Crippen molar-refractivity contribution in [1.29, 1.82) is 0 Å². The van der Waals surface area contributed by atoms with Crippen molar-refractivity contribution >= 4 is 60.9 Å². The summed E-state index contributed by atoms with van der Waals surface area (Å²) in [5.74, 6) is 2.24. The van der Waals surface area contributed by atoms with Crippen molar-refractivity contribution in [2.75, 3.05) is 0 Å². The Hall–Kier alpha value is -5.32. The molecule has 3 aromatic heterocycles.